The average Bonchev–Trinajstić information content (AvgIpc) is 2.94. The first-order valence-electron chi connectivity index (χ1n) is 8.08. The fraction of sp³-hybridized carbons (Fsp3) is 0.867. The van der Waals surface area contributed by atoms with E-state index in [9.17, 15) is 5.11 Å². The molecule has 3 fully saturated rings. The monoisotopic (exact) mass is 309 g/mol. The maximum atomic E-state index is 11.2. The van der Waals surface area contributed by atoms with E-state index in [0.29, 0.717) is 50.6 Å². The molecule has 0 amide bonds. The van der Waals surface area contributed by atoms with Crippen LogP contribution in [-0.4, -0.2) is 64.8 Å². The van der Waals surface area contributed by atoms with Crippen LogP contribution in [0.25, 0.3) is 0 Å². The molecular weight excluding hydrogens is 286 g/mol. The molecule has 1 aromatic rings. The van der Waals surface area contributed by atoms with Crippen LogP contribution < -0.4 is 0 Å². The normalized spacial score (nSPS) is 39.3. The predicted octanol–water partition coefficient (Wildman–Crippen LogP) is 0.366. The van der Waals surface area contributed by atoms with Crippen molar-refractivity contribution in [1.82, 2.24) is 15.1 Å². The van der Waals surface area contributed by atoms with Crippen molar-refractivity contribution in [1.29, 1.82) is 0 Å². The first-order valence-corrected chi connectivity index (χ1v) is 8.08. The van der Waals surface area contributed by atoms with Crippen LogP contribution in [-0.2, 0) is 16.0 Å². The number of hydrogen-bond donors (Lipinski definition) is 1. The molecule has 4 rings (SSSR count). The Balaban J connectivity index is 1.59. The third-order valence-corrected chi connectivity index (χ3v) is 5.46. The van der Waals surface area contributed by atoms with Gasteiger partial charge in [-0.05, 0) is 6.42 Å². The number of hydrogen-bond acceptors (Lipinski definition) is 7. The van der Waals surface area contributed by atoms with Crippen molar-refractivity contribution in [3.05, 3.63) is 11.8 Å². The number of aryl methyl sites for hydroxylation is 1. The van der Waals surface area contributed by atoms with E-state index in [1.165, 1.54) is 0 Å². The van der Waals surface area contributed by atoms with Crippen molar-refractivity contribution in [3.63, 3.8) is 0 Å². The lowest BCUT2D eigenvalue weighted by Gasteiger charge is -2.57. The molecule has 0 aliphatic carbocycles. The summed E-state index contributed by atoms with van der Waals surface area (Å²) in [7, 11) is 0. The minimum atomic E-state index is -0.662. The summed E-state index contributed by atoms with van der Waals surface area (Å²) in [6.07, 6.45) is 1.64. The summed E-state index contributed by atoms with van der Waals surface area (Å²) < 4.78 is 16.8. The second-order valence-corrected chi connectivity index (χ2v) is 6.69. The van der Waals surface area contributed by atoms with E-state index in [1.54, 1.807) is 6.92 Å². The Morgan fingerprint density at radius 2 is 2.14 bits per heavy atom. The van der Waals surface area contributed by atoms with E-state index in [0.717, 1.165) is 19.6 Å². The molecule has 1 aromatic heterocycles. The van der Waals surface area contributed by atoms with Gasteiger partial charge in [-0.3, -0.25) is 4.90 Å². The van der Waals surface area contributed by atoms with Gasteiger partial charge >= 0.3 is 0 Å². The SMILES string of the molecule is Cc1nnc(CN2C[C@@H]3COCC[C@]3(O)[C@H]3COCC[C@H]32)o1. The van der Waals surface area contributed by atoms with Crippen LogP contribution in [0.3, 0.4) is 0 Å². The summed E-state index contributed by atoms with van der Waals surface area (Å²) in [5, 5.41) is 19.3. The predicted molar refractivity (Wildman–Crippen MR) is 76.0 cm³/mol. The summed E-state index contributed by atoms with van der Waals surface area (Å²) in [6, 6.07) is 0.306. The molecule has 0 aromatic carbocycles. The van der Waals surface area contributed by atoms with Gasteiger partial charge in [0.05, 0.1) is 25.4 Å². The van der Waals surface area contributed by atoms with Gasteiger partial charge in [-0.25, -0.2) is 0 Å². The molecule has 3 aliphatic rings. The number of fused-ring (bicyclic) bond motifs is 3. The van der Waals surface area contributed by atoms with Gasteiger partial charge in [-0.15, -0.1) is 10.2 Å². The highest BCUT2D eigenvalue weighted by Gasteiger charge is 2.55. The van der Waals surface area contributed by atoms with E-state index >= 15 is 0 Å². The number of rotatable bonds is 2. The zero-order chi connectivity index (χ0) is 15.2. The number of aliphatic hydroxyl groups is 1. The van der Waals surface area contributed by atoms with E-state index in [4.69, 9.17) is 13.9 Å². The Kier molecular flexibility index (Phi) is 3.68. The van der Waals surface area contributed by atoms with Gasteiger partial charge in [0.2, 0.25) is 11.8 Å². The molecule has 0 saturated carbocycles. The molecule has 4 heterocycles. The van der Waals surface area contributed by atoms with Crippen molar-refractivity contribution in [3.8, 4) is 0 Å². The summed E-state index contributed by atoms with van der Waals surface area (Å²) in [5.74, 6) is 1.49. The van der Waals surface area contributed by atoms with Crippen molar-refractivity contribution in [2.45, 2.75) is 38.0 Å². The van der Waals surface area contributed by atoms with Crippen LogP contribution in [0.15, 0.2) is 4.42 Å². The molecule has 1 N–H and O–H groups in total. The molecule has 0 unspecified atom stereocenters. The highest BCUT2D eigenvalue weighted by molar-refractivity contribution is 5.06. The van der Waals surface area contributed by atoms with Gasteiger partial charge in [0.1, 0.15) is 0 Å². The largest absolute Gasteiger partial charge is 0.424 e. The highest BCUT2D eigenvalue weighted by atomic mass is 16.5. The average molecular weight is 309 g/mol. The standard InChI is InChI=1S/C15H23N3O4/c1-10-16-17-14(22-10)7-18-6-11-8-21-5-3-15(11,19)12-9-20-4-2-13(12)18/h11-13,19H,2-9H2,1H3/t11-,12+,13-,15-/m1/s1. The summed E-state index contributed by atoms with van der Waals surface area (Å²) in [5.41, 5.74) is -0.662. The molecule has 0 bridgehead atoms. The summed E-state index contributed by atoms with van der Waals surface area (Å²) in [4.78, 5) is 2.37. The van der Waals surface area contributed by atoms with Crippen LogP contribution >= 0.6 is 0 Å². The smallest absolute Gasteiger partial charge is 0.230 e. The van der Waals surface area contributed by atoms with Crippen LogP contribution in [0.4, 0.5) is 0 Å². The van der Waals surface area contributed by atoms with Crippen molar-refractivity contribution >= 4 is 0 Å². The lowest BCUT2D eigenvalue weighted by molar-refractivity contribution is -0.221. The second kappa shape index (κ2) is 5.56. The van der Waals surface area contributed by atoms with Crippen molar-refractivity contribution in [2.24, 2.45) is 11.8 Å². The van der Waals surface area contributed by atoms with Gasteiger partial charge in [0.25, 0.3) is 0 Å². The zero-order valence-electron chi connectivity index (χ0n) is 12.9. The van der Waals surface area contributed by atoms with Gasteiger partial charge < -0.3 is 19.0 Å². The fourth-order valence-electron chi connectivity index (χ4n) is 4.33. The molecule has 7 heteroatoms. The van der Waals surface area contributed by atoms with E-state index in [1.807, 2.05) is 0 Å². The molecular formula is C15H23N3O4. The van der Waals surface area contributed by atoms with Crippen molar-refractivity contribution < 1.29 is 19.0 Å². The van der Waals surface area contributed by atoms with Crippen LogP contribution in [0.5, 0.6) is 0 Å². The molecule has 122 valence electrons. The fourth-order valence-corrected chi connectivity index (χ4v) is 4.33. The number of aromatic nitrogens is 2. The molecule has 22 heavy (non-hydrogen) atoms. The Morgan fingerprint density at radius 3 is 2.95 bits per heavy atom. The topological polar surface area (TPSA) is 80.9 Å². The van der Waals surface area contributed by atoms with Gasteiger partial charge in [-0.1, -0.05) is 0 Å². The quantitative estimate of drug-likeness (QED) is 0.845. The number of nitrogens with zero attached hydrogens (tertiary/aromatic N) is 3. The maximum Gasteiger partial charge on any atom is 0.230 e. The Morgan fingerprint density at radius 1 is 1.27 bits per heavy atom. The Bertz CT molecular complexity index is 537. The zero-order valence-corrected chi connectivity index (χ0v) is 12.9. The lowest BCUT2D eigenvalue weighted by Crippen LogP contribution is -2.67. The Hall–Kier alpha value is -1.02. The molecule has 0 radical (unpaired) electrons. The minimum absolute atomic E-state index is 0.119. The lowest BCUT2D eigenvalue weighted by atomic mass is 9.66. The van der Waals surface area contributed by atoms with Gasteiger partial charge in [0.15, 0.2) is 0 Å². The van der Waals surface area contributed by atoms with Crippen LogP contribution in [0.2, 0.25) is 0 Å². The van der Waals surface area contributed by atoms with E-state index in [-0.39, 0.29) is 11.8 Å². The minimum Gasteiger partial charge on any atom is -0.424 e. The molecule has 4 atom stereocenters. The third kappa shape index (κ3) is 2.36. The molecule has 3 aliphatic heterocycles. The Labute approximate surface area is 129 Å². The van der Waals surface area contributed by atoms with Crippen LogP contribution in [0, 0.1) is 18.8 Å². The van der Waals surface area contributed by atoms with E-state index < -0.39 is 5.60 Å². The maximum absolute atomic E-state index is 11.2. The number of likely N-dealkylation sites (tertiary alicyclic amines) is 1. The van der Waals surface area contributed by atoms with Gasteiger partial charge in [0, 0.05) is 51.0 Å². The van der Waals surface area contributed by atoms with Gasteiger partial charge in [-0.2, -0.15) is 0 Å². The highest BCUT2D eigenvalue weighted by Crippen LogP contribution is 2.44. The molecule has 3 saturated heterocycles. The third-order valence-electron chi connectivity index (χ3n) is 5.46. The summed E-state index contributed by atoms with van der Waals surface area (Å²) >= 11 is 0. The van der Waals surface area contributed by atoms with Crippen molar-refractivity contribution in [2.75, 3.05) is 33.0 Å². The number of ether oxygens (including phenoxy) is 2. The second-order valence-electron chi connectivity index (χ2n) is 6.69. The number of piperidine rings is 1. The first-order chi connectivity index (χ1) is 10.7. The van der Waals surface area contributed by atoms with Crippen LogP contribution in [0.1, 0.15) is 24.6 Å². The first kappa shape index (κ1) is 14.6. The van der Waals surface area contributed by atoms with E-state index in [2.05, 4.69) is 15.1 Å². The summed E-state index contributed by atoms with van der Waals surface area (Å²) in [6.45, 7) is 5.86. The molecule has 0 spiro atoms. The molecule has 7 nitrogen and oxygen atoms in total.